The van der Waals surface area contributed by atoms with E-state index in [4.69, 9.17) is 0 Å². The quantitative estimate of drug-likeness (QED) is 0.424. The van der Waals surface area contributed by atoms with E-state index in [1.165, 1.54) is 11.2 Å². The average molecular weight is 177 g/mol. The molecule has 0 radical (unpaired) electrons. The summed E-state index contributed by atoms with van der Waals surface area (Å²) in [5, 5.41) is 0. The van der Waals surface area contributed by atoms with E-state index in [9.17, 15) is 0 Å². The molecule has 13 heavy (non-hydrogen) atoms. The van der Waals surface area contributed by atoms with Crippen LogP contribution in [0.25, 0.3) is 0 Å². The first-order chi connectivity index (χ1) is 6.07. The van der Waals surface area contributed by atoms with Gasteiger partial charge in [-0.2, -0.15) is 0 Å². The first kappa shape index (κ1) is 12.2. The number of rotatable bonds is 7. The molecule has 0 bridgehead atoms. The summed E-state index contributed by atoms with van der Waals surface area (Å²) in [7, 11) is 6.06. The maximum atomic E-state index is 4.02. The van der Waals surface area contributed by atoms with Gasteiger partial charge in [0.05, 0.1) is 0 Å². The molecule has 0 saturated heterocycles. The van der Waals surface area contributed by atoms with Gasteiger partial charge in [-0.05, 0) is 0 Å². The van der Waals surface area contributed by atoms with Gasteiger partial charge in [0.15, 0.2) is 0 Å². The second kappa shape index (κ2) is 6.70. The van der Waals surface area contributed by atoms with E-state index in [0.717, 1.165) is 25.8 Å². The fraction of sp³-hybridized carbons (Fsp3) is 0.545. The summed E-state index contributed by atoms with van der Waals surface area (Å²) in [6.45, 7) is 10.5. The molecule has 0 aliphatic heterocycles. The van der Waals surface area contributed by atoms with Crippen molar-refractivity contribution in [3.05, 3.63) is 24.8 Å². The molecule has 0 fully saturated rings. The Morgan fingerprint density at radius 1 is 1.46 bits per heavy atom. The van der Waals surface area contributed by atoms with Crippen molar-refractivity contribution in [3.63, 3.8) is 0 Å². The first-order valence-corrected chi connectivity index (χ1v) is 4.72. The molecule has 0 aliphatic rings. The molecule has 0 aromatic rings. The van der Waals surface area contributed by atoms with Gasteiger partial charge in [0.2, 0.25) is 0 Å². The van der Waals surface area contributed by atoms with Crippen molar-refractivity contribution in [2.45, 2.75) is 26.2 Å². The Hall–Kier alpha value is -0.785. The minimum atomic E-state index is 0.881. The summed E-state index contributed by atoms with van der Waals surface area (Å²) in [5.74, 6) is 0. The van der Waals surface area contributed by atoms with E-state index in [1.54, 1.807) is 0 Å². The zero-order chi connectivity index (χ0) is 10.3. The van der Waals surface area contributed by atoms with Crippen LogP contribution in [0, 0.1) is 0 Å². The van der Waals surface area contributed by atoms with Gasteiger partial charge in [0, 0.05) is 0 Å². The van der Waals surface area contributed by atoms with Gasteiger partial charge in [-0.1, -0.05) is 0 Å². The fourth-order valence-corrected chi connectivity index (χ4v) is 1.11. The summed E-state index contributed by atoms with van der Waals surface area (Å²) in [6, 6.07) is 0. The second-order valence-electron chi connectivity index (χ2n) is 3.55. The van der Waals surface area contributed by atoms with Gasteiger partial charge in [-0.25, -0.2) is 0 Å². The molecule has 2 heteroatoms. The van der Waals surface area contributed by atoms with Crippen molar-refractivity contribution in [3.8, 4) is 0 Å². The van der Waals surface area contributed by atoms with Crippen molar-refractivity contribution in [1.29, 1.82) is 0 Å². The van der Waals surface area contributed by atoms with Gasteiger partial charge in [0.25, 0.3) is 0 Å². The number of allylic oxidation sites excluding steroid dienone is 1. The molecule has 0 amide bonds. The topological polar surface area (TPSA) is 3.24 Å². The van der Waals surface area contributed by atoms with Crippen molar-refractivity contribution < 1.29 is 0 Å². The number of hydrogen-bond donors (Lipinski definition) is 0. The van der Waals surface area contributed by atoms with Crippen LogP contribution in [0.3, 0.4) is 0 Å². The molecule has 0 unspecified atom stereocenters. The number of hydrogen-bond acceptors (Lipinski definition) is 1. The number of nitrogens with zero attached hydrogens (tertiary/aromatic N) is 1. The zero-order valence-electron chi connectivity index (χ0n) is 8.97. The Bertz CT molecular complexity index is 196. The second-order valence-corrected chi connectivity index (χ2v) is 3.55. The SMILES string of the molecule is B=C(CCCC(=C)C)N(C)CC=C. The van der Waals surface area contributed by atoms with Crippen LogP contribution < -0.4 is 0 Å². The predicted molar refractivity (Wildman–Crippen MR) is 63.6 cm³/mol. The summed E-state index contributed by atoms with van der Waals surface area (Å²) < 4.78 is 0. The third kappa shape index (κ3) is 6.38. The van der Waals surface area contributed by atoms with E-state index < -0.39 is 0 Å². The molecule has 1 nitrogen and oxygen atoms in total. The van der Waals surface area contributed by atoms with Crippen LogP contribution in [-0.4, -0.2) is 31.6 Å². The number of likely N-dealkylation sites (N-methyl/N-ethyl adjacent to an activating group) is 1. The summed E-state index contributed by atoms with van der Waals surface area (Å²) in [4.78, 5) is 2.13. The van der Waals surface area contributed by atoms with E-state index in [2.05, 4.69) is 32.5 Å². The maximum absolute atomic E-state index is 4.02. The van der Waals surface area contributed by atoms with Crippen molar-refractivity contribution in [2.24, 2.45) is 0 Å². The van der Waals surface area contributed by atoms with E-state index in [0.29, 0.717) is 0 Å². The minimum absolute atomic E-state index is 0.881. The fourth-order valence-electron chi connectivity index (χ4n) is 1.11. The monoisotopic (exact) mass is 177 g/mol. The molecule has 0 atom stereocenters. The van der Waals surface area contributed by atoms with Gasteiger partial charge < -0.3 is 0 Å². The Morgan fingerprint density at radius 2 is 2.08 bits per heavy atom. The Morgan fingerprint density at radius 3 is 2.54 bits per heavy atom. The van der Waals surface area contributed by atoms with Crippen LogP contribution in [0.1, 0.15) is 26.2 Å². The molecular formula is C11H20BN. The Balaban J connectivity index is 3.61. The van der Waals surface area contributed by atoms with Crippen molar-refractivity contribution in [1.82, 2.24) is 4.90 Å². The van der Waals surface area contributed by atoms with Gasteiger partial charge in [-0.3, -0.25) is 0 Å². The summed E-state index contributed by atoms with van der Waals surface area (Å²) in [6.07, 6.45) is 5.19. The normalized spacial score (nSPS) is 9.31. The molecule has 0 aliphatic carbocycles. The summed E-state index contributed by atoms with van der Waals surface area (Å²) >= 11 is 0. The van der Waals surface area contributed by atoms with Crippen LogP contribution in [0.4, 0.5) is 0 Å². The van der Waals surface area contributed by atoms with E-state index in [-0.39, 0.29) is 0 Å². The van der Waals surface area contributed by atoms with E-state index >= 15 is 0 Å². The zero-order valence-corrected chi connectivity index (χ0v) is 8.97. The van der Waals surface area contributed by atoms with Gasteiger partial charge >= 0.3 is 82.6 Å². The van der Waals surface area contributed by atoms with Gasteiger partial charge in [0.1, 0.15) is 0 Å². The molecular weight excluding hydrogens is 157 g/mol. The molecule has 0 saturated carbocycles. The van der Waals surface area contributed by atoms with Crippen LogP contribution in [-0.2, 0) is 0 Å². The van der Waals surface area contributed by atoms with Crippen LogP contribution in [0.5, 0.6) is 0 Å². The molecule has 0 rings (SSSR count). The molecule has 0 aromatic carbocycles. The molecule has 0 heterocycles. The first-order valence-electron chi connectivity index (χ1n) is 4.72. The third-order valence-electron chi connectivity index (χ3n) is 2.01. The molecule has 0 N–H and O–H groups in total. The van der Waals surface area contributed by atoms with Crippen LogP contribution in [0.15, 0.2) is 24.8 Å². The molecule has 0 spiro atoms. The van der Waals surface area contributed by atoms with Crippen LogP contribution in [0.2, 0.25) is 0 Å². The average Bonchev–Trinajstić information content (AvgIpc) is 2.04. The predicted octanol–water partition coefficient (Wildman–Crippen LogP) is 1.88. The third-order valence-corrected chi connectivity index (χ3v) is 2.01. The molecule has 72 valence electrons. The van der Waals surface area contributed by atoms with Crippen molar-refractivity contribution in [2.75, 3.05) is 13.6 Å². The molecule has 0 aromatic heterocycles. The van der Waals surface area contributed by atoms with Gasteiger partial charge in [-0.15, -0.1) is 0 Å². The van der Waals surface area contributed by atoms with Crippen LogP contribution >= 0.6 is 0 Å². The Kier molecular flexibility index (Phi) is 6.30. The summed E-state index contributed by atoms with van der Waals surface area (Å²) in [5.41, 5.74) is 2.43. The van der Waals surface area contributed by atoms with Crippen molar-refractivity contribution >= 4 is 13.1 Å². The standard InChI is InChI=1S/C11H20BN/c1-5-9-13(4)11(12)8-6-7-10(2)3/h5,12H,1-2,6-9H2,3-4H3. The Labute approximate surface area is 83.2 Å². The van der Waals surface area contributed by atoms with E-state index in [1.807, 2.05) is 13.1 Å².